The second kappa shape index (κ2) is 17.2. The van der Waals surface area contributed by atoms with Crippen molar-refractivity contribution < 1.29 is 4.74 Å². The average molecular weight is 531 g/mol. The van der Waals surface area contributed by atoms with Crippen LogP contribution in [0.5, 0.6) is 0 Å². The Kier molecular flexibility index (Phi) is 14.3. The van der Waals surface area contributed by atoms with Gasteiger partial charge in [0, 0.05) is 25.0 Å². The largest absolute Gasteiger partial charge is 0.498 e. The Labute approximate surface area is 240 Å². The summed E-state index contributed by atoms with van der Waals surface area (Å²) < 4.78 is 6.12. The summed E-state index contributed by atoms with van der Waals surface area (Å²) >= 11 is 0. The molecule has 0 saturated heterocycles. The van der Waals surface area contributed by atoms with E-state index >= 15 is 0 Å². The molecular formula is C36H54N2O. The minimum absolute atomic E-state index is 0.172. The molecule has 0 spiro atoms. The van der Waals surface area contributed by atoms with E-state index in [0.717, 1.165) is 51.0 Å². The fourth-order valence-electron chi connectivity index (χ4n) is 5.33. The predicted octanol–water partition coefficient (Wildman–Crippen LogP) is 8.98. The number of ether oxygens (including phenoxy) is 1. The highest BCUT2D eigenvalue weighted by atomic mass is 16.5. The maximum Gasteiger partial charge on any atom is 0.0962 e. The molecule has 1 aliphatic rings. The standard InChI is InChI=1S/C36H54N2O/c1-10-18-33(31(6)39-11-2)36-30(5)20-17-15-13-12-14-16-19-29(4)34(36)27-35(38(9)26-25-37(7)8)32-23-21-28(3)22-24-32/h12-13,15-17,19,21-24,33,35H,6,10-11,14,18,20,25-27H2,1-5,7-9H3/b13-12-,17-15+,19-16+,34-29-,36-30-. The monoisotopic (exact) mass is 530 g/mol. The molecule has 2 unspecified atom stereocenters. The van der Waals surface area contributed by atoms with E-state index in [4.69, 9.17) is 4.74 Å². The van der Waals surface area contributed by atoms with Gasteiger partial charge in [-0.3, -0.25) is 4.90 Å². The van der Waals surface area contributed by atoms with Gasteiger partial charge in [0.15, 0.2) is 0 Å². The van der Waals surface area contributed by atoms with Gasteiger partial charge >= 0.3 is 0 Å². The van der Waals surface area contributed by atoms with E-state index in [1.54, 1.807) is 0 Å². The number of nitrogens with zero attached hydrogens (tertiary/aromatic N) is 2. The highest BCUT2D eigenvalue weighted by molar-refractivity contribution is 5.47. The minimum Gasteiger partial charge on any atom is -0.498 e. The summed E-state index contributed by atoms with van der Waals surface area (Å²) in [6.45, 7) is 18.2. The number of rotatable bonds is 13. The fraction of sp³-hybridized carbons (Fsp3) is 0.500. The van der Waals surface area contributed by atoms with Gasteiger partial charge in [-0.1, -0.05) is 91.8 Å². The van der Waals surface area contributed by atoms with Gasteiger partial charge in [0.2, 0.25) is 0 Å². The number of aryl methyl sites for hydroxylation is 1. The van der Waals surface area contributed by atoms with Crippen LogP contribution in [0.15, 0.2) is 95.4 Å². The SMILES string of the molecule is C=C(OCC)C(CCC)C1=C(\C)C/C=C/C=C\C/C=C/C(C)=C\1CC(c1ccc(C)cc1)N(C)CCN(C)C. The number of likely N-dealkylation sites (N-methyl/N-ethyl adjacent to an activating group) is 2. The maximum absolute atomic E-state index is 6.12. The van der Waals surface area contributed by atoms with Gasteiger partial charge in [-0.05, 0) is 96.8 Å². The lowest BCUT2D eigenvalue weighted by Gasteiger charge is -2.34. The van der Waals surface area contributed by atoms with E-state index in [0.29, 0.717) is 6.61 Å². The van der Waals surface area contributed by atoms with Crippen LogP contribution in [-0.2, 0) is 4.74 Å². The molecule has 1 aliphatic carbocycles. The number of benzene rings is 1. The van der Waals surface area contributed by atoms with Crippen molar-refractivity contribution in [2.45, 2.75) is 72.8 Å². The van der Waals surface area contributed by atoms with Gasteiger partial charge in [0.1, 0.15) is 0 Å². The molecule has 2 atom stereocenters. The lowest BCUT2D eigenvalue weighted by molar-refractivity contribution is 0.196. The summed E-state index contributed by atoms with van der Waals surface area (Å²) in [5.41, 5.74) is 8.26. The van der Waals surface area contributed by atoms with Crippen LogP contribution in [0.2, 0.25) is 0 Å². The number of hydrogen-bond donors (Lipinski definition) is 0. The summed E-state index contributed by atoms with van der Waals surface area (Å²) in [6.07, 6.45) is 18.4. The van der Waals surface area contributed by atoms with E-state index in [-0.39, 0.29) is 12.0 Å². The molecule has 39 heavy (non-hydrogen) atoms. The van der Waals surface area contributed by atoms with Crippen molar-refractivity contribution in [2.24, 2.45) is 5.92 Å². The molecule has 0 amide bonds. The van der Waals surface area contributed by atoms with E-state index < -0.39 is 0 Å². The Morgan fingerprint density at radius 1 is 0.949 bits per heavy atom. The first-order chi connectivity index (χ1) is 18.7. The maximum atomic E-state index is 6.12. The molecule has 0 N–H and O–H groups in total. The molecule has 0 bridgehead atoms. The van der Waals surface area contributed by atoms with Crippen molar-refractivity contribution in [3.05, 3.63) is 106 Å². The summed E-state index contributed by atoms with van der Waals surface area (Å²) in [5, 5.41) is 0. The fourth-order valence-corrected chi connectivity index (χ4v) is 5.33. The van der Waals surface area contributed by atoms with E-state index in [1.807, 2.05) is 0 Å². The van der Waals surface area contributed by atoms with Crippen molar-refractivity contribution >= 4 is 0 Å². The molecule has 0 heterocycles. The van der Waals surface area contributed by atoms with Gasteiger partial charge in [0.05, 0.1) is 12.4 Å². The van der Waals surface area contributed by atoms with Crippen LogP contribution in [0.25, 0.3) is 0 Å². The van der Waals surface area contributed by atoms with Crippen molar-refractivity contribution in [3.63, 3.8) is 0 Å². The molecule has 2 rings (SSSR count). The zero-order chi connectivity index (χ0) is 28.8. The van der Waals surface area contributed by atoms with Gasteiger partial charge in [-0.25, -0.2) is 0 Å². The Balaban J connectivity index is 2.75. The van der Waals surface area contributed by atoms with Crippen LogP contribution < -0.4 is 0 Å². The van der Waals surface area contributed by atoms with Crippen molar-refractivity contribution in [3.8, 4) is 0 Å². The molecule has 0 saturated carbocycles. The summed E-state index contributed by atoms with van der Waals surface area (Å²) in [4.78, 5) is 4.80. The third-order valence-electron chi connectivity index (χ3n) is 7.64. The lowest BCUT2D eigenvalue weighted by atomic mass is 9.78. The molecule has 1 aromatic rings. The highest BCUT2D eigenvalue weighted by Crippen LogP contribution is 2.41. The molecule has 1 aromatic carbocycles. The first-order valence-corrected chi connectivity index (χ1v) is 14.8. The quantitative estimate of drug-likeness (QED) is 0.237. The predicted molar refractivity (Wildman–Crippen MR) is 171 cm³/mol. The smallest absolute Gasteiger partial charge is 0.0962 e. The van der Waals surface area contributed by atoms with Crippen LogP contribution in [0.3, 0.4) is 0 Å². The molecule has 3 nitrogen and oxygen atoms in total. The van der Waals surface area contributed by atoms with E-state index in [1.165, 1.54) is 33.4 Å². The first kappa shape index (κ1) is 32.6. The topological polar surface area (TPSA) is 15.7 Å². The molecule has 0 aliphatic heterocycles. The molecular weight excluding hydrogens is 476 g/mol. The molecule has 0 radical (unpaired) electrons. The van der Waals surface area contributed by atoms with E-state index in [2.05, 4.69) is 133 Å². The zero-order valence-electron chi connectivity index (χ0n) is 26.1. The molecule has 0 fully saturated rings. The van der Waals surface area contributed by atoms with Gasteiger partial charge in [-0.2, -0.15) is 0 Å². The first-order valence-electron chi connectivity index (χ1n) is 14.8. The number of allylic oxidation sites excluding steroid dienone is 9. The van der Waals surface area contributed by atoms with Crippen molar-refractivity contribution in [2.75, 3.05) is 40.8 Å². The number of hydrogen-bond acceptors (Lipinski definition) is 3. The normalized spacial score (nSPS) is 22.6. The Morgan fingerprint density at radius 2 is 1.64 bits per heavy atom. The summed E-state index contributed by atoms with van der Waals surface area (Å²) in [6, 6.07) is 9.40. The van der Waals surface area contributed by atoms with Crippen LogP contribution in [0.4, 0.5) is 0 Å². The summed E-state index contributed by atoms with van der Waals surface area (Å²) in [7, 11) is 6.58. The van der Waals surface area contributed by atoms with Crippen LogP contribution in [0.1, 0.15) is 77.0 Å². The highest BCUT2D eigenvalue weighted by Gasteiger charge is 2.28. The third-order valence-corrected chi connectivity index (χ3v) is 7.64. The van der Waals surface area contributed by atoms with Crippen LogP contribution in [-0.4, -0.2) is 50.6 Å². The minimum atomic E-state index is 0.172. The second-order valence-corrected chi connectivity index (χ2v) is 11.2. The van der Waals surface area contributed by atoms with Crippen LogP contribution in [0, 0.1) is 12.8 Å². The molecule has 214 valence electrons. The Morgan fingerprint density at radius 3 is 2.28 bits per heavy atom. The molecule has 0 aromatic heterocycles. The zero-order valence-corrected chi connectivity index (χ0v) is 26.1. The Hall–Kier alpha value is -2.62. The molecule has 3 heteroatoms. The van der Waals surface area contributed by atoms with Crippen molar-refractivity contribution in [1.29, 1.82) is 0 Å². The van der Waals surface area contributed by atoms with Crippen LogP contribution >= 0.6 is 0 Å². The summed E-state index contributed by atoms with van der Waals surface area (Å²) in [5.74, 6) is 1.07. The Bertz CT molecular complexity index is 1050. The van der Waals surface area contributed by atoms with Gasteiger partial charge in [-0.15, -0.1) is 0 Å². The van der Waals surface area contributed by atoms with Gasteiger partial charge in [0.25, 0.3) is 0 Å². The third kappa shape index (κ3) is 10.5. The van der Waals surface area contributed by atoms with Gasteiger partial charge < -0.3 is 9.64 Å². The second-order valence-electron chi connectivity index (χ2n) is 11.2. The van der Waals surface area contributed by atoms with Crippen molar-refractivity contribution in [1.82, 2.24) is 9.80 Å². The van der Waals surface area contributed by atoms with E-state index in [9.17, 15) is 0 Å². The lowest BCUT2D eigenvalue weighted by Crippen LogP contribution is -2.32. The average Bonchev–Trinajstić information content (AvgIpc) is 2.90.